The Labute approximate surface area is 82.3 Å². The highest BCUT2D eigenvalue weighted by Gasteiger charge is 2.17. The zero-order chi connectivity index (χ0) is 9.97. The lowest BCUT2D eigenvalue weighted by Gasteiger charge is -2.24. The highest BCUT2D eigenvalue weighted by atomic mass is 19.1. The van der Waals surface area contributed by atoms with E-state index in [0.29, 0.717) is 6.61 Å². The molecular weight excluding hydrogens is 183 g/mol. The summed E-state index contributed by atoms with van der Waals surface area (Å²) in [6.45, 7) is 4.02. The maximum atomic E-state index is 12.8. The van der Waals surface area contributed by atoms with Gasteiger partial charge in [-0.1, -0.05) is 6.07 Å². The topological polar surface area (TPSA) is 34.1 Å². The standard InChI is InChI=1S/C10H13FN2O/c1-7-8(2-3-10(11)13-7)9-6-14-5-4-12-9/h2-3,9,12H,4-6H2,1H3. The molecule has 1 saturated heterocycles. The lowest BCUT2D eigenvalue weighted by atomic mass is 10.1. The van der Waals surface area contributed by atoms with Crippen LogP contribution in [-0.4, -0.2) is 24.7 Å². The Morgan fingerprint density at radius 3 is 3.07 bits per heavy atom. The van der Waals surface area contributed by atoms with E-state index in [1.54, 1.807) is 6.07 Å². The molecule has 0 saturated carbocycles. The Kier molecular flexibility index (Phi) is 2.74. The van der Waals surface area contributed by atoms with Crippen LogP contribution in [-0.2, 0) is 4.74 Å². The van der Waals surface area contributed by atoms with Crippen molar-refractivity contribution in [3.63, 3.8) is 0 Å². The van der Waals surface area contributed by atoms with Gasteiger partial charge in [-0.2, -0.15) is 4.39 Å². The van der Waals surface area contributed by atoms with Crippen LogP contribution < -0.4 is 5.32 Å². The number of rotatable bonds is 1. The van der Waals surface area contributed by atoms with Crippen molar-refractivity contribution in [3.05, 3.63) is 29.3 Å². The molecule has 2 rings (SSSR count). The van der Waals surface area contributed by atoms with Gasteiger partial charge >= 0.3 is 0 Å². The summed E-state index contributed by atoms with van der Waals surface area (Å²) >= 11 is 0. The van der Waals surface area contributed by atoms with Gasteiger partial charge in [0.1, 0.15) is 0 Å². The van der Waals surface area contributed by atoms with Crippen LogP contribution in [0.4, 0.5) is 4.39 Å². The van der Waals surface area contributed by atoms with E-state index >= 15 is 0 Å². The van der Waals surface area contributed by atoms with Crippen molar-refractivity contribution in [2.75, 3.05) is 19.8 Å². The fourth-order valence-electron chi connectivity index (χ4n) is 1.67. The molecule has 1 atom stereocenters. The number of aryl methyl sites for hydroxylation is 1. The van der Waals surface area contributed by atoms with Crippen molar-refractivity contribution in [2.45, 2.75) is 13.0 Å². The molecule has 1 aliphatic heterocycles. The van der Waals surface area contributed by atoms with Crippen LogP contribution in [0.1, 0.15) is 17.3 Å². The normalized spacial score (nSPS) is 22.3. The van der Waals surface area contributed by atoms with Crippen LogP contribution in [0.15, 0.2) is 12.1 Å². The molecule has 0 bridgehead atoms. The molecule has 1 N–H and O–H groups in total. The first kappa shape index (κ1) is 9.55. The number of ether oxygens (including phenoxy) is 1. The molecule has 1 aromatic heterocycles. The number of hydrogen-bond donors (Lipinski definition) is 1. The Morgan fingerprint density at radius 1 is 1.57 bits per heavy atom. The summed E-state index contributed by atoms with van der Waals surface area (Å²) < 4.78 is 18.1. The monoisotopic (exact) mass is 196 g/mol. The van der Waals surface area contributed by atoms with Crippen LogP contribution in [0.25, 0.3) is 0 Å². The van der Waals surface area contributed by atoms with Gasteiger partial charge in [-0.15, -0.1) is 0 Å². The minimum atomic E-state index is -0.428. The molecule has 2 heterocycles. The summed E-state index contributed by atoms with van der Waals surface area (Å²) in [6, 6.07) is 3.31. The number of nitrogens with one attached hydrogen (secondary N) is 1. The second-order valence-corrected chi connectivity index (χ2v) is 3.39. The minimum Gasteiger partial charge on any atom is -0.378 e. The maximum absolute atomic E-state index is 12.8. The molecule has 1 unspecified atom stereocenters. The predicted molar refractivity (Wildman–Crippen MR) is 50.5 cm³/mol. The van der Waals surface area contributed by atoms with Crippen molar-refractivity contribution < 1.29 is 9.13 Å². The Hall–Kier alpha value is -1.00. The molecular formula is C10H13FN2O. The fraction of sp³-hybridized carbons (Fsp3) is 0.500. The molecule has 3 nitrogen and oxygen atoms in total. The molecule has 1 aromatic rings. The third-order valence-electron chi connectivity index (χ3n) is 2.39. The summed E-state index contributed by atoms with van der Waals surface area (Å²) in [4.78, 5) is 3.79. The van der Waals surface area contributed by atoms with Gasteiger partial charge in [-0.05, 0) is 18.6 Å². The van der Waals surface area contributed by atoms with Crippen LogP contribution >= 0.6 is 0 Å². The summed E-state index contributed by atoms with van der Waals surface area (Å²) in [7, 11) is 0. The second kappa shape index (κ2) is 4.02. The van der Waals surface area contributed by atoms with Gasteiger partial charge in [0, 0.05) is 12.2 Å². The predicted octanol–water partition coefficient (Wildman–Crippen LogP) is 1.19. The van der Waals surface area contributed by atoms with Crippen molar-refractivity contribution in [3.8, 4) is 0 Å². The minimum absolute atomic E-state index is 0.150. The van der Waals surface area contributed by atoms with Crippen LogP contribution in [0.5, 0.6) is 0 Å². The Balaban J connectivity index is 2.22. The number of nitrogens with zero attached hydrogens (tertiary/aromatic N) is 1. The van der Waals surface area contributed by atoms with Crippen LogP contribution in [0, 0.1) is 12.9 Å². The lowest BCUT2D eigenvalue weighted by molar-refractivity contribution is 0.0765. The van der Waals surface area contributed by atoms with Gasteiger partial charge in [0.05, 0.1) is 19.3 Å². The molecule has 0 radical (unpaired) electrons. The van der Waals surface area contributed by atoms with Crippen molar-refractivity contribution in [2.24, 2.45) is 0 Å². The van der Waals surface area contributed by atoms with Gasteiger partial charge in [0.25, 0.3) is 0 Å². The van der Waals surface area contributed by atoms with Gasteiger partial charge < -0.3 is 10.1 Å². The van der Waals surface area contributed by atoms with Crippen LogP contribution in [0.2, 0.25) is 0 Å². The van der Waals surface area contributed by atoms with Crippen molar-refractivity contribution in [1.29, 1.82) is 0 Å². The molecule has 0 spiro atoms. The quantitative estimate of drug-likeness (QED) is 0.685. The largest absolute Gasteiger partial charge is 0.378 e. The van der Waals surface area contributed by atoms with E-state index in [1.165, 1.54) is 6.07 Å². The summed E-state index contributed by atoms with van der Waals surface area (Å²) in [5, 5.41) is 3.31. The molecule has 0 aliphatic carbocycles. The average molecular weight is 196 g/mol. The maximum Gasteiger partial charge on any atom is 0.213 e. The molecule has 4 heteroatoms. The van der Waals surface area contributed by atoms with Gasteiger partial charge in [-0.3, -0.25) is 0 Å². The zero-order valence-electron chi connectivity index (χ0n) is 8.09. The van der Waals surface area contributed by atoms with E-state index in [1.807, 2.05) is 6.92 Å². The molecule has 0 amide bonds. The summed E-state index contributed by atoms with van der Waals surface area (Å²) in [6.07, 6.45) is 0. The lowest BCUT2D eigenvalue weighted by Crippen LogP contribution is -2.35. The van der Waals surface area contributed by atoms with Crippen LogP contribution in [0.3, 0.4) is 0 Å². The number of hydrogen-bond acceptors (Lipinski definition) is 3. The van der Waals surface area contributed by atoms with Crippen molar-refractivity contribution in [1.82, 2.24) is 10.3 Å². The van der Waals surface area contributed by atoms with E-state index < -0.39 is 5.95 Å². The molecule has 1 aliphatic rings. The number of aromatic nitrogens is 1. The first-order chi connectivity index (χ1) is 6.77. The summed E-state index contributed by atoms with van der Waals surface area (Å²) in [5.74, 6) is -0.428. The third-order valence-corrected chi connectivity index (χ3v) is 2.39. The van der Waals surface area contributed by atoms with Gasteiger partial charge in [0.2, 0.25) is 5.95 Å². The second-order valence-electron chi connectivity index (χ2n) is 3.39. The first-order valence-corrected chi connectivity index (χ1v) is 4.71. The fourth-order valence-corrected chi connectivity index (χ4v) is 1.67. The zero-order valence-corrected chi connectivity index (χ0v) is 8.09. The SMILES string of the molecule is Cc1nc(F)ccc1C1COCCN1. The molecule has 76 valence electrons. The van der Waals surface area contributed by atoms with E-state index in [0.717, 1.165) is 24.4 Å². The molecule has 14 heavy (non-hydrogen) atoms. The number of halogens is 1. The Bertz CT molecular complexity index is 324. The number of morpholine rings is 1. The van der Waals surface area contributed by atoms with E-state index in [2.05, 4.69) is 10.3 Å². The van der Waals surface area contributed by atoms with E-state index in [9.17, 15) is 4.39 Å². The van der Waals surface area contributed by atoms with E-state index in [-0.39, 0.29) is 6.04 Å². The van der Waals surface area contributed by atoms with Gasteiger partial charge in [-0.25, -0.2) is 4.98 Å². The number of pyridine rings is 1. The van der Waals surface area contributed by atoms with E-state index in [4.69, 9.17) is 4.74 Å². The first-order valence-electron chi connectivity index (χ1n) is 4.71. The highest BCUT2D eigenvalue weighted by molar-refractivity contribution is 5.23. The smallest absolute Gasteiger partial charge is 0.213 e. The van der Waals surface area contributed by atoms with Gasteiger partial charge in [0.15, 0.2) is 0 Å². The molecule has 0 aromatic carbocycles. The highest BCUT2D eigenvalue weighted by Crippen LogP contribution is 2.18. The molecule has 1 fully saturated rings. The van der Waals surface area contributed by atoms with Crippen molar-refractivity contribution >= 4 is 0 Å². The third kappa shape index (κ3) is 1.91. The average Bonchev–Trinajstić information content (AvgIpc) is 2.19. The Morgan fingerprint density at radius 2 is 2.43 bits per heavy atom. The summed E-state index contributed by atoms with van der Waals surface area (Å²) in [5.41, 5.74) is 1.75.